The maximum atomic E-state index is 4.19. The van der Waals surface area contributed by atoms with E-state index in [1.807, 2.05) is 11.3 Å². The number of anilines is 1. The Morgan fingerprint density at radius 3 is 2.85 bits per heavy atom. The van der Waals surface area contributed by atoms with Gasteiger partial charge in [-0.3, -0.25) is 0 Å². The topological polar surface area (TPSA) is 27.6 Å². The van der Waals surface area contributed by atoms with Crippen LogP contribution in [-0.4, -0.2) is 12.8 Å². The first-order valence-corrected chi connectivity index (χ1v) is 4.41. The van der Waals surface area contributed by atoms with Crippen molar-refractivity contribution in [3.63, 3.8) is 0 Å². The Kier molecular flexibility index (Phi) is 2.02. The minimum atomic E-state index is 0.813. The number of hydrazine groups is 1. The molecule has 0 aliphatic carbocycles. The van der Waals surface area contributed by atoms with Crippen LogP contribution in [0.3, 0.4) is 0 Å². The Hall–Kier alpha value is -1.35. The number of hydrogen-bond donors (Lipinski definition) is 1. The van der Waals surface area contributed by atoms with Crippen molar-refractivity contribution in [3.05, 3.63) is 29.3 Å². The van der Waals surface area contributed by atoms with Crippen LogP contribution in [0.5, 0.6) is 0 Å². The zero-order valence-electron chi connectivity index (χ0n) is 7.91. The van der Waals surface area contributed by atoms with Gasteiger partial charge in [0.25, 0.3) is 0 Å². The molecule has 1 aromatic carbocycles. The summed E-state index contributed by atoms with van der Waals surface area (Å²) >= 11 is 0. The van der Waals surface area contributed by atoms with Gasteiger partial charge in [-0.15, -0.1) is 0 Å². The zero-order chi connectivity index (χ0) is 9.26. The summed E-state index contributed by atoms with van der Waals surface area (Å²) in [5.41, 5.74) is 6.79. The Morgan fingerprint density at radius 1 is 1.38 bits per heavy atom. The van der Waals surface area contributed by atoms with Gasteiger partial charge in [0, 0.05) is 6.21 Å². The molecule has 0 spiro atoms. The first kappa shape index (κ1) is 8.26. The van der Waals surface area contributed by atoms with E-state index in [1.54, 1.807) is 0 Å². The fourth-order valence-corrected chi connectivity index (χ4v) is 1.48. The number of aryl methyl sites for hydroxylation is 2. The Labute approximate surface area is 78.0 Å². The molecule has 0 fully saturated rings. The van der Waals surface area contributed by atoms with Crippen LogP contribution >= 0.6 is 0 Å². The van der Waals surface area contributed by atoms with E-state index in [0.717, 1.165) is 12.2 Å². The standard InChI is InChI=1S/C10H13N3/c1-8-3-4-10(9(2)7-8)13-11-5-6-12-13/h3-5,7,12H,6H2,1-2H3. The number of nitrogens with zero attached hydrogens (tertiary/aromatic N) is 2. The molecule has 68 valence electrons. The summed E-state index contributed by atoms with van der Waals surface area (Å²) in [5, 5.41) is 6.01. The second-order valence-electron chi connectivity index (χ2n) is 3.26. The van der Waals surface area contributed by atoms with Crippen molar-refractivity contribution in [1.29, 1.82) is 0 Å². The summed E-state index contributed by atoms with van der Waals surface area (Å²) in [4.78, 5) is 0. The van der Waals surface area contributed by atoms with Crippen LogP contribution in [0.25, 0.3) is 0 Å². The summed E-state index contributed by atoms with van der Waals surface area (Å²) < 4.78 is 0. The lowest BCUT2D eigenvalue weighted by Gasteiger charge is -2.16. The van der Waals surface area contributed by atoms with Gasteiger partial charge in [-0.1, -0.05) is 17.7 Å². The Balaban J connectivity index is 2.34. The van der Waals surface area contributed by atoms with Crippen LogP contribution in [-0.2, 0) is 0 Å². The fraction of sp³-hybridized carbons (Fsp3) is 0.300. The summed E-state index contributed by atoms with van der Waals surface area (Å²) in [5.74, 6) is 0. The number of benzene rings is 1. The molecular formula is C10H13N3. The Bertz CT molecular complexity index is 344. The minimum Gasteiger partial charge on any atom is -0.208 e. The largest absolute Gasteiger partial charge is 0.208 e. The average Bonchev–Trinajstić information content (AvgIpc) is 2.56. The third kappa shape index (κ3) is 1.55. The molecule has 0 atom stereocenters. The number of nitrogens with one attached hydrogen (secondary N) is 1. The summed E-state index contributed by atoms with van der Waals surface area (Å²) in [7, 11) is 0. The van der Waals surface area contributed by atoms with Crippen molar-refractivity contribution in [1.82, 2.24) is 5.43 Å². The van der Waals surface area contributed by atoms with Gasteiger partial charge in [-0.25, -0.2) is 5.43 Å². The van der Waals surface area contributed by atoms with Gasteiger partial charge in [0.05, 0.1) is 12.2 Å². The lowest BCUT2D eigenvalue weighted by Crippen LogP contribution is -2.28. The van der Waals surface area contributed by atoms with Crippen LogP contribution < -0.4 is 10.5 Å². The molecule has 3 heteroatoms. The molecule has 1 aromatic rings. The highest BCUT2D eigenvalue weighted by Gasteiger charge is 2.09. The van der Waals surface area contributed by atoms with Crippen LogP contribution in [0, 0.1) is 13.8 Å². The third-order valence-corrected chi connectivity index (χ3v) is 2.11. The van der Waals surface area contributed by atoms with Crippen LogP contribution in [0.2, 0.25) is 0 Å². The molecule has 0 bridgehead atoms. The highest BCUT2D eigenvalue weighted by Crippen LogP contribution is 2.20. The second-order valence-corrected chi connectivity index (χ2v) is 3.26. The quantitative estimate of drug-likeness (QED) is 0.702. The number of hydrogen-bond acceptors (Lipinski definition) is 3. The maximum Gasteiger partial charge on any atom is 0.0808 e. The lowest BCUT2D eigenvalue weighted by molar-refractivity contribution is 0.754. The first-order valence-electron chi connectivity index (χ1n) is 4.41. The van der Waals surface area contributed by atoms with Crippen LogP contribution in [0.1, 0.15) is 11.1 Å². The van der Waals surface area contributed by atoms with Crippen molar-refractivity contribution in [3.8, 4) is 0 Å². The van der Waals surface area contributed by atoms with Crippen molar-refractivity contribution in [2.45, 2.75) is 13.8 Å². The van der Waals surface area contributed by atoms with Gasteiger partial charge in [-0.2, -0.15) is 10.2 Å². The molecular weight excluding hydrogens is 162 g/mol. The molecule has 0 amide bonds. The fourth-order valence-electron chi connectivity index (χ4n) is 1.48. The molecule has 0 saturated carbocycles. The summed E-state index contributed by atoms with van der Waals surface area (Å²) in [6.07, 6.45) is 1.86. The van der Waals surface area contributed by atoms with Gasteiger partial charge in [0.2, 0.25) is 0 Å². The molecule has 0 unspecified atom stereocenters. The van der Waals surface area contributed by atoms with Gasteiger partial charge in [0.15, 0.2) is 0 Å². The molecule has 13 heavy (non-hydrogen) atoms. The smallest absolute Gasteiger partial charge is 0.0808 e. The van der Waals surface area contributed by atoms with Crippen molar-refractivity contribution >= 4 is 11.9 Å². The predicted molar refractivity (Wildman–Crippen MR) is 54.9 cm³/mol. The molecule has 3 nitrogen and oxygen atoms in total. The van der Waals surface area contributed by atoms with E-state index in [0.29, 0.717) is 0 Å². The predicted octanol–water partition coefficient (Wildman–Crippen LogP) is 1.61. The van der Waals surface area contributed by atoms with E-state index in [-0.39, 0.29) is 0 Å². The molecule has 1 aliphatic heterocycles. The van der Waals surface area contributed by atoms with E-state index in [9.17, 15) is 0 Å². The molecule has 0 aromatic heterocycles. The molecule has 1 heterocycles. The van der Waals surface area contributed by atoms with Crippen molar-refractivity contribution in [2.75, 3.05) is 11.7 Å². The summed E-state index contributed by atoms with van der Waals surface area (Å²) in [6, 6.07) is 6.34. The lowest BCUT2D eigenvalue weighted by atomic mass is 10.1. The normalized spacial score (nSPS) is 15.4. The molecule has 0 radical (unpaired) electrons. The first-order chi connectivity index (χ1) is 6.27. The van der Waals surface area contributed by atoms with E-state index in [1.165, 1.54) is 11.1 Å². The van der Waals surface area contributed by atoms with E-state index >= 15 is 0 Å². The highest BCUT2D eigenvalue weighted by atomic mass is 15.7. The van der Waals surface area contributed by atoms with E-state index in [2.05, 4.69) is 42.6 Å². The third-order valence-electron chi connectivity index (χ3n) is 2.11. The molecule has 0 saturated heterocycles. The Morgan fingerprint density at radius 2 is 2.23 bits per heavy atom. The maximum absolute atomic E-state index is 4.19. The van der Waals surface area contributed by atoms with Gasteiger partial charge in [-0.05, 0) is 25.5 Å². The monoisotopic (exact) mass is 175 g/mol. The van der Waals surface area contributed by atoms with Crippen molar-refractivity contribution < 1.29 is 0 Å². The second kappa shape index (κ2) is 3.18. The number of hydrazone groups is 1. The van der Waals surface area contributed by atoms with Gasteiger partial charge >= 0.3 is 0 Å². The summed E-state index contributed by atoms with van der Waals surface area (Å²) in [6.45, 7) is 5.00. The minimum absolute atomic E-state index is 0.813. The SMILES string of the molecule is Cc1ccc(N2N=CCN2)c(C)c1. The van der Waals surface area contributed by atoms with Crippen LogP contribution in [0.15, 0.2) is 23.3 Å². The number of rotatable bonds is 1. The van der Waals surface area contributed by atoms with E-state index < -0.39 is 0 Å². The van der Waals surface area contributed by atoms with Gasteiger partial charge < -0.3 is 0 Å². The highest BCUT2D eigenvalue weighted by molar-refractivity contribution is 5.67. The molecule has 2 rings (SSSR count). The van der Waals surface area contributed by atoms with Crippen molar-refractivity contribution in [2.24, 2.45) is 5.10 Å². The molecule has 1 N–H and O–H groups in total. The van der Waals surface area contributed by atoms with E-state index in [4.69, 9.17) is 0 Å². The van der Waals surface area contributed by atoms with Crippen LogP contribution in [0.4, 0.5) is 5.69 Å². The van der Waals surface area contributed by atoms with Gasteiger partial charge in [0.1, 0.15) is 0 Å². The average molecular weight is 175 g/mol. The molecule has 1 aliphatic rings. The zero-order valence-corrected chi connectivity index (χ0v) is 7.91.